The van der Waals surface area contributed by atoms with Crippen molar-refractivity contribution in [1.29, 1.82) is 0 Å². The zero-order valence-electron chi connectivity index (χ0n) is 43.7. The highest BCUT2D eigenvalue weighted by atomic mass is 16.5. The maximum atomic E-state index is 12.5. The molecule has 0 aliphatic rings. The number of carbonyl (C=O) groups excluding carboxylic acids is 2. The molecule has 0 aliphatic heterocycles. The highest BCUT2D eigenvalue weighted by molar-refractivity contribution is 5.76. The molecule has 0 radical (unpaired) electrons. The fraction of sp³-hybridized carbons (Fsp3) is 0.898. The molecule has 0 aromatic rings. The number of hydrogen-bond donors (Lipinski definition) is 3. The Kier molecular flexibility index (Phi) is 53.5. The van der Waals surface area contributed by atoms with Crippen molar-refractivity contribution in [2.45, 2.75) is 328 Å². The molecule has 0 saturated carbocycles. The molecule has 3 N–H and O–H groups in total. The molecule has 384 valence electrons. The lowest BCUT2D eigenvalue weighted by atomic mass is 10.0. The van der Waals surface area contributed by atoms with Crippen LogP contribution in [-0.4, -0.2) is 47.4 Å². The quantitative estimate of drug-likeness (QED) is 0.0321. The Balaban J connectivity index is 3.51. The molecule has 6 nitrogen and oxygen atoms in total. The summed E-state index contributed by atoms with van der Waals surface area (Å²) in [7, 11) is 0. The van der Waals surface area contributed by atoms with Crippen molar-refractivity contribution in [3.63, 3.8) is 0 Å². The van der Waals surface area contributed by atoms with Gasteiger partial charge in [0, 0.05) is 12.8 Å². The number of nitrogens with one attached hydrogen (secondary N) is 1. The zero-order chi connectivity index (χ0) is 47.2. The molecule has 0 fully saturated rings. The Morgan fingerprint density at radius 2 is 0.723 bits per heavy atom. The van der Waals surface area contributed by atoms with E-state index in [-0.39, 0.29) is 18.5 Å². The van der Waals surface area contributed by atoms with Crippen LogP contribution < -0.4 is 5.32 Å². The molecule has 0 bridgehead atoms. The van der Waals surface area contributed by atoms with Gasteiger partial charge in [-0.2, -0.15) is 0 Å². The summed E-state index contributed by atoms with van der Waals surface area (Å²) >= 11 is 0. The van der Waals surface area contributed by atoms with Crippen molar-refractivity contribution in [3.8, 4) is 0 Å². The molecule has 6 heteroatoms. The normalized spacial score (nSPS) is 12.7. The minimum atomic E-state index is -0.855. The predicted molar refractivity (Wildman–Crippen MR) is 283 cm³/mol. The largest absolute Gasteiger partial charge is 0.466 e. The third-order valence-electron chi connectivity index (χ3n) is 13.5. The average molecular weight is 917 g/mol. The van der Waals surface area contributed by atoms with Gasteiger partial charge in [-0.3, -0.25) is 9.59 Å². The van der Waals surface area contributed by atoms with Crippen LogP contribution in [0.15, 0.2) is 24.3 Å². The van der Waals surface area contributed by atoms with Gasteiger partial charge in [0.05, 0.1) is 25.4 Å². The van der Waals surface area contributed by atoms with Gasteiger partial charge in [0.2, 0.25) is 5.91 Å². The van der Waals surface area contributed by atoms with Crippen molar-refractivity contribution in [3.05, 3.63) is 24.3 Å². The molecule has 0 spiro atoms. The molecule has 0 aromatic carbocycles. The van der Waals surface area contributed by atoms with Gasteiger partial charge in [-0.15, -0.1) is 0 Å². The SMILES string of the molecule is CCCCCCCCCCCCCCCCCCCCC/C=C/C(O)C(CO)NC(=O)CCCCCCC/C=C\CCCCCCCCCOC(=O)CCCCCCCCCCCCC. The van der Waals surface area contributed by atoms with Gasteiger partial charge in [0.25, 0.3) is 0 Å². The Morgan fingerprint density at radius 1 is 0.415 bits per heavy atom. The highest BCUT2D eigenvalue weighted by Gasteiger charge is 2.18. The average Bonchev–Trinajstić information content (AvgIpc) is 3.31. The molecule has 0 rings (SSSR count). The van der Waals surface area contributed by atoms with Gasteiger partial charge < -0.3 is 20.3 Å². The van der Waals surface area contributed by atoms with Gasteiger partial charge in [-0.1, -0.05) is 269 Å². The number of rotatable bonds is 54. The van der Waals surface area contributed by atoms with Crippen LogP contribution in [0.3, 0.4) is 0 Å². The third-order valence-corrected chi connectivity index (χ3v) is 13.5. The first-order chi connectivity index (χ1) is 32.0. The minimum absolute atomic E-state index is 0.00387. The second kappa shape index (κ2) is 54.9. The summed E-state index contributed by atoms with van der Waals surface area (Å²) in [6.07, 6.45) is 66.3. The Labute approximate surface area is 405 Å². The molecule has 65 heavy (non-hydrogen) atoms. The van der Waals surface area contributed by atoms with E-state index in [0.717, 1.165) is 64.2 Å². The summed E-state index contributed by atoms with van der Waals surface area (Å²) in [5, 5.41) is 23.2. The molecule has 0 saturated heterocycles. The monoisotopic (exact) mass is 916 g/mol. The number of carbonyl (C=O) groups is 2. The maximum absolute atomic E-state index is 12.5. The number of amides is 1. The summed E-state index contributed by atoms with van der Waals surface area (Å²) in [5.74, 6) is -0.0863. The zero-order valence-corrected chi connectivity index (χ0v) is 43.7. The Morgan fingerprint density at radius 3 is 1.09 bits per heavy atom. The summed E-state index contributed by atoms with van der Waals surface area (Å²) in [4.78, 5) is 24.5. The first-order valence-electron chi connectivity index (χ1n) is 29.1. The summed E-state index contributed by atoms with van der Waals surface area (Å²) in [6.45, 7) is 4.89. The number of aliphatic hydroxyl groups is 2. The molecule has 1 amide bonds. The van der Waals surface area contributed by atoms with Crippen molar-refractivity contribution in [1.82, 2.24) is 5.32 Å². The topological polar surface area (TPSA) is 95.9 Å². The van der Waals surface area contributed by atoms with E-state index < -0.39 is 12.1 Å². The van der Waals surface area contributed by atoms with Crippen LogP contribution in [-0.2, 0) is 14.3 Å². The summed E-state index contributed by atoms with van der Waals surface area (Å²) in [6, 6.07) is -0.640. The Bertz CT molecular complexity index is 1010. The second-order valence-electron chi connectivity index (χ2n) is 20.0. The molecule has 0 aromatic heterocycles. The van der Waals surface area contributed by atoms with Gasteiger partial charge in [-0.05, 0) is 57.8 Å². The van der Waals surface area contributed by atoms with E-state index in [1.54, 1.807) is 6.08 Å². The van der Waals surface area contributed by atoms with E-state index in [9.17, 15) is 19.8 Å². The van der Waals surface area contributed by atoms with E-state index in [4.69, 9.17) is 4.74 Å². The second-order valence-corrected chi connectivity index (χ2v) is 20.0. The predicted octanol–water partition coefficient (Wildman–Crippen LogP) is 17.9. The van der Waals surface area contributed by atoms with Gasteiger partial charge in [0.15, 0.2) is 0 Å². The van der Waals surface area contributed by atoms with E-state index in [2.05, 4.69) is 31.3 Å². The van der Waals surface area contributed by atoms with Crippen molar-refractivity contribution < 1.29 is 24.5 Å². The van der Waals surface area contributed by atoms with Crippen LogP contribution in [0.1, 0.15) is 316 Å². The molecule has 2 atom stereocenters. The number of hydrogen-bond acceptors (Lipinski definition) is 5. The Hall–Kier alpha value is -1.66. The standard InChI is InChI=1S/C59H113NO5/c1-3-5-7-9-11-13-15-16-17-18-19-20-21-22-25-28-32-35-39-43-47-51-57(62)56(55-61)60-58(63)52-48-44-40-36-33-29-26-23-24-27-30-34-38-42-46-50-54-65-59(64)53-49-45-41-37-31-14-12-10-8-6-4-2/h23,26,47,51,56-57,61-62H,3-22,24-25,27-46,48-50,52-55H2,1-2H3,(H,60,63)/b26-23-,51-47+. The number of allylic oxidation sites excluding steroid dienone is 3. The number of aliphatic hydroxyl groups excluding tert-OH is 2. The lowest BCUT2D eigenvalue weighted by Crippen LogP contribution is -2.45. The maximum Gasteiger partial charge on any atom is 0.305 e. The van der Waals surface area contributed by atoms with Gasteiger partial charge in [0.1, 0.15) is 0 Å². The molecular formula is C59H113NO5. The van der Waals surface area contributed by atoms with Gasteiger partial charge >= 0.3 is 5.97 Å². The van der Waals surface area contributed by atoms with Crippen LogP contribution in [0.25, 0.3) is 0 Å². The third kappa shape index (κ3) is 51.6. The fourth-order valence-corrected chi connectivity index (χ4v) is 8.98. The van der Waals surface area contributed by atoms with E-state index in [1.807, 2.05) is 6.08 Å². The lowest BCUT2D eigenvalue weighted by Gasteiger charge is -2.20. The first-order valence-corrected chi connectivity index (χ1v) is 29.1. The number of unbranched alkanes of at least 4 members (excludes halogenated alkanes) is 41. The van der Waals surface area contributed by atoms with Crippen LogP contribution in [0.5, 0.6) is 0 Å². The highest BCUT2D eigenvalue weighted by Crippen LogP contribution is 2.17. The van der Waals surface area contributed by atoms with E-state index in [0.29, 0.717) is 19.4 Å². The van der Waals surface area contributed by atoms with E-state index in [1.165, 1.54) is 225 Å². The molecule has 0 aliphatic carbocycles. The van der Waals surface area contributed by atoms with E-state index >= 15 is 0 Å². The first kappa shape index (κ1) is 63.3. The van der Waals surface area contributed by atoms with Gasteiger partial charge in [-0.25, -0.2) is 0 Å². The van der Waals surface area contributed by atoms with Crippen LogP contribution in [0.4, 0.5) is 0 Å². The fourth-order valence-electron chi connectivity index (χ4n) is 8.98. The minimum Gasteiger partial charge on any atom is -0.466 e. The number of esters is 1. The summed E-state index contributed by atoms with van der Waals surface area (Å²) in [5.41, 5.74) is 0. The molecular weight excluding hydrogens is 803 g/mol. The summed E-state index contributed by atoms with van der Waals surface area (Å²) < 4.78 is 5.45. The van der Waals surface area contributed by atoms with Crippen LogP contribution >= 0.6 is 0 Å². The van der Waals surface area contributed by atoms with Crippen molar-refractivity contribution in [2.75, 3.05) is 13.2 Å². The smallest absolute Gasteiger partial charge is 0.305 e. The molecule has 0 heterocycles. The van der Waals surface area contributed by atoms with Crippen LogP contribution in [0.2, 0.25) is 0 Å². The number of ether oxygens (including phenoxy) is 1. The van der Waals surface area contributed by atoms with Crippen LogP contribution in [0, 0.1) is 0 Å². The lowest BCUT2D eigenvalue weighted by molar-refractivity contribution is -0.143. The van der Waals surface area contributed by atoms with Crippen molar-refractivity contribution >= 4 is 11.9 Å². The molecule has 2 unspecified atom stereocenters. The van der Waals surface area contributed by atoms with Crippen molar-refractivity contribution in [2.24, 2.45) is 0 Å².